The highest BCUT2D eigenvalue weighted by Gasteiger charge is 2.11. The Labute approximate surface area is 114 Å². The summed E-state index contributed by atoms with van der Waals surface area (Å²) in [6.07, 6.45) is 1.54. The molecule has 0 aliphatic rings. The van der Waals surface area contributed by atoms with E-state index in [0.29, 0.717) is 28.8 Å². The molecule has 6 nitrogen and oxygen atoms in total. The minimum Gasteiger partial charge on any atom is -0.484 e. The number of nitriles is 1. The number of rotatable bonds is 4. The summed E-state index contributed by atoms with van der Waals surface area (Å²) in [6.45, 7) is 0.128. The first-order chi connectivity index (χ1) is 9.85. The molecule has 0 unspecified atom stereocenters. The molecule has 0 saturated carbocycles. The molecule has 0 fully saturated rings. The van der Waals surface area contributed by atoms with Crippen molar-refractivity contribution in [1.82, 2.24) is 10.1 Å². The van der Waals surface area contributed by atoms with Crippen molar-refractivity contribution in [1.29, 1.82) is 5.26 Å². The fraction of sp³-hybridized carbons (Fsp3) is 0.0714. The lowest BCUT2D eigenvalue weighted by Crippen LogP contribution is -1.95. The van der Waals surface area contributed by atoms with Crippen LogP contribution in [0.25, 0.3) is 11.6 Å². The number of furan rings is 1. The number of benzene rings is 1. The van der Waals surface area contributed by atoms with Crippen LogP contribution in [0, 0.1) is 11.3 Å². The van der Waals surface area contributed by atoms with E-state index < -0.39 is 0 Å². The van der Waals surface area contributed by atoms with Crippen molar-refractivity contribution in [2.75, 3.05) is 0 Å². The second-order valence-electron chi connectivity index (χ2n) is 3.92. The average molecular weight is 267 g/mol. The molecule has 3 aromatic rings. The Bertz CT molecular complexity index is 741. The third kappa shape index (κ3) is 2.52. The van der Waals surface area contributed by atoms with Crippen molar-refractivity contribution >= 4 is 0 Å². The Kier molecular flexibility index (Phi) is 3.17. The fourth-order valence-electron chi connectivity index (χ4n) is 1.62. The zero-order chi connectivity index (χ0) is 13.8. The van der Waals surface area contributed by atoms with Gasteiger partial charge in [-0.3, -0.25) is 0 Å². The van der Waals surface area contributed by atoms with Gasteiger partial charge in [0, 0.05) is 0 Å². The van der Waals surface area contributed by atoms with E-state index >= 15 is 0 Å². The molecular formula is C14H9N3O3. The summed E-state index contributed by atoms with van der Waals surface area (Å²) in [5.41, 5.74) is 0.532. The molecule has 2 aromatic heterocycles. The first kappa shape index (κ1) is 12.0. The van der Waals surface area contributed by atoms with Gasteiger partial charge in [0.25, 0.3) is 5.89 Å². The molecule has 0 aliphatic heterocycles. The molecular weight excluding hydrogens is 258 g/mol. The van der Waals surface area contributed by atoms with Crippen LogP contribution in [0.2, 0.25) is 0 Å². The molecule has 2 heterocycles. The van der Waals surface area contributed by atoms with Gasteiger partial charge in [-0.15, -0.1) is 0 Å². The van der Waals surface area contributed by atoms with Gasteiger partial charge in [0.2, 0.25) is 5.82 Å². The molecule has 0 amide bonds. The summed E-state index contributed by atoms with van der Waals surface area (Å²) in [5, 5.41) is 12.6. The highest BCUT2D eigenvalue weighted by molar-refractivity contribution is 5.44. The molecule has 0 radical (unpaired) electrons. The van der Waals surface area contributed by atoms with Gasteiger partial charge in [-0.1, -0.05) is 11.2 Å². The molecule has 0 bridgehead atoms. The van der Waals surface area contributed by atoms with Crippen LogP contribution >= 0.6 is 0 Å². The van der Waals surface area contributed by atoms with Crippen LogP contribution < -0.4 is 4.74 Å². The Morgan fingerprint density at radius 2 is 2.20 bits per heavy atom. The zero-order valence-electron chi connectivity index (χ0n) is 10.3. The van der Waals surface area contributed by atoms with Gasteiger partial charge in [-0.2, -0.15) is 10.2 Å². The first-order valence-electron chi connectivity index (χ1n) is 5.84. The quantitative estimate of drug-likeness (QED) is 0.722. The van der Waals surface area contributed by atoms with Crippen molar-refractivity contribution in [2.24, 2.45) is 0 Å². The fourth-order valence-corrected chi connectivity index (χ4v) is 1.62. The van der Waals surface area contributed by atoms with Crippen molar-refractivity contribution in [3.8, 4) is 23.4 Å². The van der Waals surface area contributed by atoms with Crippen LogP contribution in [0.15, 0.2) is 51.6 Å². The summed E-state index contributed by atoms with van der Waals surface area (Å²) in [5.74, 6) is 1.81. The zero-order valence-corrected chi connectivity index (χ0v) is 10.3. The van der Waals surface area contributed by atoms with E-state index in [-0.39, 0.29) is 6.61 Å². The Morgan fingerprint density at radius 1 is 1.25 bits per heavy atom. The smallest absolute Gasteiger partial charge is 0.264 e. The summed E-state index contributed by atoms with van der Waals surface area (Å²) >= 11 is 0. The summed E-state index contributed by atoms with van der Waals surface area (Å²) in [4.78, 5) is 4.15. The van der Waals surface area contributed by atoms with E-state index in [2.05, 4.69) is 10.1 Å². The van der Waals surface area contributed by atoms with E-state index in [9.17, 15) is 0 Å². The van der Waals surface area contributed by atoms with Crippen LogP contribution in [0.4, 0.5) is 0 Å². The monoisotopic (exact) mass is 267 g/mol. The molecule has 3 rings (SSSR count). The largest absolute Gasteiger partial charge is 0.484 e. The highest BCUT2D eigenvalue weighted by Crippen LogP contribution is 2.17. The van der Waals surface area contributed by atoms with Gasteiger partial charge in [0.15, 0.2) is 12.4 Å². The van der Waals surface area contributed by atoms with Gasteiger partial charge < -0.3 is 13.7 Å². The molecule has 6 heteroatoms. The van der Waals surface area contributed by atoms with Crippen LogP contribution in [0.5, 0.6) is 5.75 Å². The number of ether oxygens (including phenoxy) is 1. The third-order valence-electron chi connectivity index (χ3n) is 2.54. The van der Waals surface area contributed by atoms with Crippen molar-refractivity contribution < 1.29 is 13.7 Å². The first-order valence-corrected chi connectivity index (χ1v) is 5.84. The molecule has 0 N–H and O–H groups in total. The second-order valence-corrected chi connectivity index (χ2v) is 3.92. The topological polar surface area (TPSA) is 85.1 Å². The van der Waals surface area contributed by atoms with E-state index in [1.807, 2.05) is 6.07 Å². The average Bonchev–Trinajstić information content (AvgIpc) is 3.16. The Morgan fingerprint density at radius 3 is 3.00 bits per heavy atom. The Balaban J connectivity index is 1.68. The van der Waals surface area contributed by atoms with Gasteiger partial charge in [0.05, 0.1) is 17.9 Å². The predicted octanol–water partition coefficient (Wildman–Crippen LogP) is 2.78. The van der Waals surface area contributed by atoms with E-state index in [0.717, 1.165) is 0 Å². The van der Waals surface area contributed by atoms with Crippen LogP contribution in [-0.4, -0.2) is 10.1 Å². The SMILES string of the molecule is N#Cc1cccc(OCc2nc(-c3ccco3)no2)c1. The normalized spacial score (nSPS) is 10.2. The lowest BCUT2D eigenvalue weighted by atomic mass is 10.2. The van der Waals surface area contributed by atoms with E-state index in [4.69, 9.17) is 18.9 Å². The summed E-state index contributed by atoms with van der Waals surface area (Å²) < 4.78 is 15.7. The van der Waals surface area contributed by atoms with Gasteiger partial charge >= 0.3 is 0 Å². The van der Waals surface area contributed by atoms with Crippen LogP contribution in [0.3, 0.4) is 0 Å². The molecule has 1 aromatic carbocycles. The maximum Gasteiger partial charge on any atom is 0.264 e. The molecule has 98 valence electrons. The minimum absolute atomic E-state index is 0.128. The van der Waals surface area contributed by atoms with Gasteiger partial charge in [-0.25, -0.2) is 0 Å². The minimum atomic E-state index is 0.128. The van der Waals surface area contributed by atoms with Crippen molar-refractivity contribution in [3.05, 3.63) is 54.1 Å². The second kappa shape index (κ2) is 5.28. The van der Waals surface area contributed by atoms with E-state index in [1.54, 1.807) is 36.4 Å². The third-order valence-corrected chi connectivity index (χ3v) is 2.54. The molecule has 0 atom stereocenters. The number of aromatic nitrogens is 2. The lowest BCUT2D eigenvalue weighted by molar-refractivity contribution is 0.243. The lowest BCUT2D eigenvalue weighted by Gasteiger charge is -2.02. The summed E-state index contributed by atoms with van der Waals surface area (Å²) in [7, 11) is 0. The number of hydrogen-bond donors (Lipinski definition) is 0. The predicted molar refractivity (Wildman–Crippen MR) is 67.5 cm³/mol. The molecule has 20 heavy (non-hydrogen) atoms. The van der Waals surface area contributed by atoms with Crippen molar-refractivity contribution in [2.45, 2.75) is 6.61 Å². The molecule has 0 aliphatic carbocycles. The summed E-state index contributed by atoms with van der Waals surface area (Å²) in [6, 6.07) is 12.4. The Hall–Kier alpha value is -3.07. The number of hydrogen-bond acceptors (Lipinski definition) is 6. The van der Waals surface area contributed by atoms with Gasteiger partial charge in [0.1, 0.15) is 5.75 Å². The van der Waals surface area contributed by atoms with Crippen molar-refractivity contribution in [3.63, 3.8) is 0 Å². The van der Waals surface area contributed by atoms with E-state index in [1.165, 1.54) is 6.26 Å². The molecule has 0 spiro atoms. The maximum absolute atomic E-state index is 8.80. The standard InChI is InChI=1S/C14H9N3O3/c15-8-10-3-1-4-11(7-10)19-9-13-16-14(17-20-13)12-5-2-6-18-12/h1-7H,9H2. The van der Waals surface area contributed by atoms with Gasteiger partial charge in [-0.05, 0) is 30.3 Å². The van der Waals surface area contributed by atoms with Crippen LogP contribution in [0.1, 0.15) is 11.5 Å². The molecule has 0 saturated heterocycles. The highest BCUT2D eigenvalue weighted by atomic mass is 16.5. The number of nitrogens with zero attached hydrogens (tertiary/aromatic N) is 3. The maximum atomic E-state index is 8.80. The van der Waals surface area contributed by atoms with Crippen LogP contribution in [-0.2, 0) is 6.61 Å².